The molecule has 1 unspecified atom stereocenters. The number of likely N-dealkylation sites (N-methyl/N-ethyl adjacent to an activating group) is 1. The number of carbonyl (C=O) groups excluding carboxylic acids is 3. The Hall–Kier alpha value is -2.64. The Balaban J connectivity index is 1.60. The lowest BCUT2D eigenvalue weighted by molar-refractivity contribution is -0.157. The van der Waals surface area contributed by atoms with Crippen LogP contribution in [-0.2, 0) is 22.4 Å². The Bertz CT molecular complexity index is 794. The molecule has 0 aromatic carbocycles. The number of carbonyl (C=O) groups is 3. The van der Waals surface area contributed by atoms with Crippen LogP contribution in [0.2, 0.25) is 0 Å². The molecule has 1 aliphatic carbocycles. The number of fused-ring (bicyclic) bond motifs is 2. The topological polar surface area (TPSA) is 83.1 Å². The first kappa shape index (κ1) is 16.8. The highest BCUT2D eigenvalue weighted by Gasteiger charge is 2.42. The van der Waals surface area contributed by atoms with Gasteiger partial charge in [-0.3, -0.25) is 14.4 Å². The molecule has 0 saturated carbocycles. The van der Waals surface area contributed by atoms with Crippen molar-refractivity contribution in [3.05, 3.63) is 22.9 Å². The van der Waals surface area contributed by atoms with E-state index in [9.17, 15) is 14.4 Å². The van der Waals surface area contributed by atoms with Crippen molar-refractivity contribution in [2.24, 2.45) is 0 Å². The summed E-state index contributed by atoms with van der Waals surface area (Å²) in [6.07, 6.45) is 2.86. The zero-order chi connectivity index (χ0) is 18.4. The summed E-state index contributed by atoms with van der Waals surface area (Å²) in [6, 6.07) is 1.27. The average molecular weight is 358 g/mol. The van der Waals surface area contributed by atoms with E-state index in [1.54, 1.807) is 16.8 Å². The van der Waals surface area contributed by atoms with E-state index in [1.807, 2.05) is 6.07 Å². The van der Waals surface area contributed by atoms with Crippen LogP contribution in [0.5, 0.6) is 5.88 Å². The molecule has 8 nitrogen and oxygen atoms in total. The van der Waals surface area contributed by atoms with Crippen molar-refractivity contribution < 1.29 is 19.1 Å². The summed E-state index contributed by atoms with van der Waals surface area (Å²) < 4.78 is 5.35. The lowest BCUT2D eigenvalue weighted by Crippen LogP contribution is -2.66. The fourth-order valence-electron chi connectivity index (χ4n) is 4.04. The van der Waals surface area contributed by atoms with Gasteiger partial charge in [0, 0.05) is 25.8 Å². The Kier molecular flexibility index (Phi) is 4.05. The fourth-order valence-corrected chi connectivity index (χ4v) is 4.04. The second-order valence-electron chi connectivity index (χ2n) is 7.05. The Labute approximate surface area is 151 Å². The van der Waals surface area contributed by atoms with Gasteiger partial charge in [-0.2, -0.15) is 0 Å². The molecule has 0 bridgehead atoms. The van der Waals surface area contributed by atoms with E-state index < -0.39 is 6.04 Å². The molecule has 2 aliphatic heterocycles. The molecule has 1 atom stereocenters. The zero-order valence-corrected chi connectivity index (χ0v) is 15.0. The van der Waals surface area contributed by atoms with Gasteiger partial charge in [-0.05, 0) is 30.9 Å². The van der Waals surface area contributed by atoms with Crippen LogP contribution in [0.25, 0.3) is 0 Å². The lowest BCUT2D eigenvalue weighted by atomic mass is 10.1. The summed E-state index contributed by atoms with van der Waals surface area (Å²) in [5, 5.41) is 0. The van der Waals surface area contributed by atoms with E-state index >= 15 is 0 Å². The van der Waals surface area contributed by atoms with E-state index in [0.717, 1.165) is 30.5 Å². The highest BCUT2D eigenvalue weighted by atomic mass is 16.5. The summed E-state index contributed by atoms with van der Waals surface area (Å²) in [5.41, 5.74) is 2.53. The van der Waals surface area contributed by atoms with Gasteiger partial charge in [0.05, 0.1) is 20.2 Å². The first-order valence-electron chi connectivity index (χ1n) is 8.90. The molecule has 2 fully saturated rings. The second-order valence-corrected chi connectivity index (χ2v) is 7.05. The summed E-state index contributed by atoms with van der Waals surface area (Å²) in [5.74, 6) is -0.0551. The molecule has 4 rings (SSSR count). The predicted octanol–water partition coefficient (Wildman–Crippen LogP) is -0.296. The smallest absolute Gasteiger partial charge is 0.259 e. The van der Waals surface area contributed by atoms with Gasteiger partial charge >= 0.3 is 0 Å². The molecule has 26 heavy (non-hydrogen) atoms. The van der Waals surface area contributed by atoms with Crippen molar-refractivity contribution in [1.82, 2.24) is 19.7 Å². The SMILES string of the molecule is COc1nc2c(cc1C(=O)N1CCN3C(=O)CN(C)C(=O)C3C1)CCC2. The normalized spacial score (nSPS) is 22.4. The van der Waals surface area contributed by atoms with Crippen LogP contribution < -0.4 is 4.74 Å². The maximum atomic E-state index is 13.1. The van der Waals surface area contributed by atoms with E-state index in [1.165, 1.54) is 12.0 Å². The molecule has 3 heterocycles. The molecule has 3 amide bonds. The summed E-state index contributed by atoms with van der Waals surface area (Å²) >= 11 is 0. The van der Waals surface area contributed by atoms with Crippen LogP contribution in [0.15, 0.2) is 6.07 Å². The molecule has 8 heteroatoms. The van der Waals surface area contributed by atoms with Crippen molar-refractivity contribution >= 4 is 17.7 Å². The van der Waals surface area contributed by atoms with E-state index in [4.69, 9.17) is 4.74 Å². The first-order chi connectivity index (χ1) is 12.5. The largest absolute Gasteiger partial charge is 0.480 e. The fraction of sp³-hybridized carbons (Fsp3) is 0.556. The third kappa shape index (κ3) is 2.60. The third-order valence-corrected chi connectivity index (χ3v) is 5.46. The van der Waals surface area contributed by atoms with Crippen molar-refractivity contribution in [3.8, 4) is 5.88 Å². The number of methoxy groups -OCH3 is 1. The number of piperazine rings is 2. The van der Waals surface area contributed by atoms with E-state index in [2.05, 4.69) is 4.98 Å². The lowest BCUT2D eigenvalue weighted by Gasteiger charge is -2.45. The summed E-state index contributed by atoms with van der Waals surface area (Å²) in [6.45, 7) is 1.08. The van der Waals surface area contributed by atoms with Crippen molar-refractivity contribution in [2.45, 2.75) is 25.3 Å². The molecule has 0 N–H and O–H groups in total. The molecule has 1 aromatic heterocycles. The minimum atomic E-state index is -0.604. The molecule has 0 spiro atoms. The highest BCUT2D eigenvalue weighted by Crippen LogP contribution is 2.28. The molecule has 138 valence electrons. The van der Waals surface area contributed by atoms with Gasteiger partial charge in [-0.25, -0.2) is 4.98 Å². The van der Waals surface area contributed by atoms with Gasteiger partial charge in [0.2, 0.25) is 17.7 Å². The van der Waals surface area contributed by atoms with Gasteiger partial charge in [0.1, 0.15) is 11.6 Å². The van der Waals surface area contributed by atoms with Crippen molar-refractivity contribution in [2.75, 3.05) is 40.3 Å². The molecular formula is C18H22N4O4. The average Bonchev–Trinajstić information content (AvgIpc) is 3.11. The van der Waals surface area contributed by atoms with Crippen LogP contribution in [0.4, 0.5) is 0 Å². The van der Waals surface area contributed by atoms with Crippen LogP contribution in [-0.4, -0.2) is 83.8 Å². The maximum Gasteiger partial charge on any atom is 0.259 e. The number of hydrogen-bond acceptors (Lipinski definition) is 5. The number of ether oxygens (including phenoxy) is 1. The molecule has 0 radical (unpaired) electrons. The second kappa shape index (κ2) is 6.26. The van der Waals surface area contributed by atoms with Crippen molar-refractivity contribution in [3.63, 3.8) is 0 Å². The van der Waals surface area contributed by atoms with Gasteiger partial charge < -0.3 is 19.4 Å². The Morgan fingerprint density at radius 2 is 2.08 bits per heavy atom. The van der Waals surface area contributed by atoms with Crippen LogP contribution in [0.3, 0.4) is 0 Å². The number of hydrogen-bond donors (Lipinski definition) is 0. The Morgan fingerprint density at radius 1 is 1.27 bits per heavy atom. The van der Waals surface area contributed by atoms with Gasteiger partial charge in [0.15, 0.2) is 0 Å². The number of nitrogens with zero attached hydrogens (tertiary/aromatic N) is 4. The standard InChI is InChI=1S/C18H22N4O4/c1-20-10-15(23)22-7-6-21(9-14(22)18(20)25)17(24)12-8-11-4-3-5-13(11)19-16(12)26-2/h8,14H,3-7,9-10H2,1-2H3. The first-order valence-corrected chi connectivity index (χ1v) is 8.90. The zero-order valence-electron chi connectivity index (χ0n) is 15.0. The van der Waals surface area contributed by atoms with Gasteiger partial charge in [-0.1, -0.05) is 0 Å². The Morgan fingerprint density at radius 3 is 2.85 bits per heavy atom. The maximum absolute atomic E-state index is 13.1. The number of rotatable bonds is 2. The highest BCUT2D eigenvalue weighted by molar-refractivity contribution is 5.99. The van der Waals surface area contributed by atoms with Gasteiger partial charge in [-0.15, -0.1) is 0 Å². The minimum absolute atomic E-state index is 0.0685. The van der Waals surface area contributed by atoms with Crippen LogP contribution in [0.1, 0.15) is 28.0 Å². The minimum Gasteiger partial charge on any atom is -0.480 e. The number of aryl methyl sites for hydroxylation is 2. The molecular weight excluding hydrogens is 336 g/mol. The monoisotopic (exact) mass is 358 g/mol. The van der Waals surface area contributed by atoms with E-state index in [0.29, 0.717) is 24.5 Å². The third-order valence-electron chi connectivity index (χ3n) is 5.46. The quantitative estimate of drug-likeness (QED) is 0.725. The van der Waals surface area contributed by atoms with E-state index in [-0.39, 0.29) is 30.8 Å². The van der Waals surface area contributed by atoms with Crippen molar-refractivity contribution in [1.29, 1.82) is 0 Å². The number of aromatic nitrogens is 1. The summed E-state index contributed by atoms with van der Waals surface area (Å²) in [7, 11) is 3.13. The molecule has 3 aliphatic rings. The van der Waals surface area contributed by atoms with Gasteiger partial charge in [0.25, 0.3) is 5.91 Å². The summed E-state index contributed by atoms with van der Waals surface area (Å²) in [4.78, 5) is 46.8. The number of amides is 3. The molecule has 1 aromatic rings. The van der Waals surface area contributed by atoms with Crippen LogP contribution >= 0.6 is 0 Å². The van der Waals surface area contributed by atoms with Crippen LogP contribution in [0, 0.1) is 0 Å². The number of pyridine rings is 1. The predicted molar refractivity (Wildman–Crippen MR) is 91.9 cm³/mol. The molecule has 2 saturated heterocycles.